The number of benzene rings is 1. The molecule has 1 aromatic heterocycles. The first-order chi connectivity index (χ1) is 11.5. The third-order valence-corrected chi connectivity index (χ3v) is 4.73. The number of carbonyl (C=O) groups is 1. The lowest BCUT2D eigenvalue weighted by Gasteiger charge is -2.22. The number of rotatable bonds is 7. The van der Waals surface area contributed by atoms with Gasteiger partial charge < -0.3 is 9.64 Å². The molecule has 2 rings (SSSR count). The lowest BCUT2D eigenvalue weighted by molar-refractivity contribution is -0.129. The van der Waals surface area contributed by atoms with E-state index in [1.165, 1.54) is 11.8 Å². The summed E-state index contributed by atoms with van der Waals surface area (Å²) in [4.78, 5) is 14.3. The van der Waals surface area contributed by atoms with Crippen molar-refractivity contribution in [3.8, 4) is 11.4 Å². The maximum absolute atomic E-state index is 12.5. The van der Waals surface area contributed by atoms with Crippen molar-refractivity contribution in [2.24, 2.45) is 0 Å². The van der Waals surface area contributed by atoms with Crippen LogP contribution >= 0.6 is 11.8 Å². The Kier molecular flexibility index (Phi) is 6.19. The Morgan fingerprint density at radius 2 is 2.08 bits per heavy atom. The summed E-state index contributed by atoms with van der Waals surface area (Å²) in [6.07, 6.45) is 0. The molecule has 0 saturated carbocycles. The van der Waals surface area contributed by atoms with Gasteiger partial charge in [0.1, 0.15) is 11.4 Å². The molecule has 1 atom stereocenters. The van der Waals surface area contributed by atoms with Crippen molar-refractivity contribution >= 4 is 17.7 Å². The van der Waals surface area contributed by atoms with Crippen molar-refractivity contribution in [2.75, 3.05) is 20.2 Å². The summed E-state index contributed by atoms with van der Waals surface area (Å²) in [7, 11) is 1.61. The van der Waals surface area contributed by atoms with Crippen molar-refractivity contribution in [3.63, 3.8) is 0 Å². The van der Waals surface area contributed by atoms with Gasteiger partial charge in [-0.1, -0.05) is 17.8 Å². The highest BCUT2D eigenvalue weighted by molar-refractivity contribution is 8.00. The number of amides is 1. The number of nitrogens with zero attached hydrogens (tertiary/aromatic N) is 5. The van der Waals surface area contributed by atoms with Crippen LogP contribution < -0.4 is 4.74 Å². The molecule has 0 fully saturated rings. The summed E-state index contributed by atoms with van der Waals surface area (Å²) >= 11 is 1.34. The molecule has 1 unspecified atom stereocenters. The maximum Gasteiger partial charge on any atom is 0.235 e. The molecule has 0 bridgehead atoms. The summed E-state index contributed by atoms with van der Waals surface area (Å²) in [5.41, 5.74) is 1.83. The van der Waals surface area contributed by atoms with E-state index in [4.69, 9.17) is 4.74 Å². The van der Waals surface area contributed by atoms with E-state index in [9.17, 15) is 4.79 Å². The van der Waals surface area contributed by atoms with Gasteiger partial charge in [-0.15, -0.1) is 5.10 Å². The van der Waals surface area contributed by atoms with Crippen molar-refractivity contribution in [2.45, 2.75) is 38.1 Å². The minimum absolute atomic E-state index is 0.0794. The number of carbonyl (C=O) groups excluding carboxylic acids is 1. The Morgan fingerprint density at radius 3 is 2.71 bits per heavy atom. The summed E-state index contributed by atoms with van der Waals surface area (Å²) < 4.78 is 7.02. The largest absolute Gasteiger partial charge is 0.494 e. The molecule has 130 valence electrons. The molecule has 2 aromatic rings. The number of thioether (sulfide) groups is 1. The molecule has 0 saturated heterocycles. The van der Waals surface area contributed by atoms with E-state index in [2.05, 4.69) is 15.5 Å². The number of tetrazole rings is 1. The highest BCUT2D eigenvalue weighted by atomic mass is 32.2. The monoisotopic (exact) mass is 349 g/mol. The molecule has 0 N–H and O–H groups in total. The quantitative estimate of drug-likeness (QED) is 0.714. The van der Waals surface area contributed by atoms with Crippen molar-refractivity contribution < 1.29 is 9.53 Å². The predicted molar refractivity (Wildman–Crippen MR) is 93.7 cm³/mol. The van der Waals surface area contributed by atoms with Crippen LogP contribution in [0, 0.1) is 6.92 Å². The van der Waals surface area contributed by atoms with Crippen molar-refractivity contribution in [1.82, 2.24) is 25.1 Å². The molecule has 7 nitrogen and oxygen atoms in total. The van der Waals surface area contributed by atoms with E-state index in [1.54, 1.807) is 16.7 Å². The van der Waals surface area contributed by atoms with E-state index in [1.807, 2.05) is 45.9 Å². The van der Waals surface area contributed by atoms with Gasteiger partial charge in [0, 0.05) is 13.1 Å². The van der Waals surface area contributed by atoms with Crippen LogP contribution in [0.4, 0.5) is 0 Å². The summed E-state index contributed by atoms with van der Waals surface area (Å²) in [5, 5.41) is 12.2. The molecule has 1 amide bonds. The first-order valence-corrected chi connectivity index (χ1v) is 8.78. The summed E-state index contributed by atoms with van der Waals surface area (Å²) in [6.45, 7) is 9.19. The summed E-state index contributed by atoms with van der Waals surface area (Å²) in [5.74, 6) is 0.758. The number of hydrogen-bond donors (Lipinski definition) is 0. The molecule has 0 aliphatic carbocycles. The molecule has 0 spiro atoms. The van der Waals surface area contributed by atoms with E-state index >= 15 is 0 Å². The van der Waals surface area contributed by atoms with E-state index in [0.717, 1.165) is 11.3 Å². The lowest BCUT2D eigenvalue weighted by atomic mass is 10.2. The van der Waals surface area contributed by atoms with Crippen LogP contribution in [0.5, 0.6) is 5.75 Å². The van der Waals surface area contributed by atoms with Crippen molar-refractivity contribution in [1.29, 1.82) is 0 Å². The molecule has 0 aliphatic heterocycles. The molecule has 0 aliphatic rings. The van der Waals surface area contributed by atoms with Gasteiger partial charge in [0.05, 0.1) is 12.4 Å². The standard InChI is InChI=1S/C16H23N5O2S/c1-6-20(7-2)15(22)12(4)24-16-17-18-19-21(16)13-10-11(3)8-9-14(13)23-5/h8-10,12H,6-7H2,1-5H3. The predicted octanol–water partition coefficient (Wildman–Crippen LogP) is 2.33. The van der Waals surface area contributed by atoms with Gasteiger partial charge in [-0.25, -0.2) is 0 Å². The zero-order valence-corrected chi connectivity index (χ0v) is 15.5. The second-order valence-electron chi connectivity index (χ2n) is 5.32. The normalized spacial score (nSPS) is 12.0. The zero-order chi connectivity index (χ0) is 17.7. The SMILES string of the molecule is CCN(CC)C(=O)C(C)Sc1nnnn1-c1cc(C)ccc1OC. The third-order valence-electron chi connectivity index (χ3n) is 3.71. The third kappa shape index (κ3) is 3.87. The second-order valence-corrected chi connectivity index (χ2v) is 6.63. The molecular weight excluding hydrogens is 326 g/mol. The van der Waals surface area contributed by atoms with Crippen LogP contribution in [0.2, 0.25) is 0 Å². The average molecular weight is 349 g/mol. The number of methoxy groups -OCH3 is 1. The Morgan fingerprint density at radius 1 is 1.38 bits per heavy atom. The zero-order valence-electron chi connectivity index (χ0n) is 14.7. The molecule has 24 heavy (non-hydrogen) atoms. The van der Waals surface area contributed by atoms with Gasteiger partial charge in [0.2, 0.25) is 11.1 Å². The molecule has 8 heteroatoms. The Balaban J connectivity index is 2.28. The Labute approximate surface area is 146 Å². The fraction of sp³-hybridized carbons (Fsp3) is 0.500. The van der Waals surface area contributed by atoms with Gasteiger partial charge >= 0.3 is 0 Å². The van der Waals surface area contributed by atoms with E-state index in [-0.39, 0.29) is 11.2 Å². The number of hydrogen-bond acceptors (Lipinski definition) is 6. The van der Waals surface area contributed by atoms with E-state index < -0.39 is 0 Å². The van der Waals surface area contributed by atoms with Gasteiger partial charge in [-0.3, -0.25) is 4.79 Å². The highest BCUT2D eigenvalue weighted by Crippen LogP contribution is 2.29. The van der Waals surface area contributed by atoms with Gasteiger partial charge in [0.15, 0.2) is 0 Å². The average Bonchev–Trinajstić information content (AvgIpc) is 3.03. The number of aryl methyl sites for hydroxylation is 1. The van der Waals surface area contributed by atoms with Crippen LogP contribution in [-0.2, 0) is 4.79 Å². The molecule has 0 radical (unpaired) electrons. The Hall–Kier alpha value is -2.09. The number of ether oxygens (including phenoxy) is 1. The molecular formula is C16H23N5O2S. The smallest absolute Gasteiger partial charge is 0.235 e. The van der Waals surface area contributed by atoms with Crippen LogP contribution in [0.15, 0.2) is 23.4 Å². The van der Waals surface area contributed by atoms with E-state index in [0.29, 0.717) is 24.0 Å². The van der Waals surface area contributed by atoms with Gasteiger partial charge in [-0.05, 0) is 55.8 Å². The lowest BCUT2D eigenvalue weighted by Crippen LogP contribution is -2.36. The van der Waals surface area contributed by atoms with Crippen molar-refractivity contribution in [3.05, 3.63) is 23.8 Å². The topological polar surface area (TPSA) is 73.1 Å². The van der Waals surface area contributed by atoms with Crippen LogP contribution in [0.25, 0.3) is 5.69 Å². The minimum Gasteiger partial charge on any atom is -0.494 e. The first kappa shape index (κ1) is 18.3. The molecule has 1 heterocycles. The fourth-order valence-corrected chi connectivity index (χ4v) is 3.25. The van der Waals surface area contributed by atoms with Crippen LogP contribution in [-0.4, -0.2) is 56.5 Å². The van der Waals surface area contributed by atoms with Crippen LogP contribution in [0.1, 0.15) is 26.3 Å². The fourth-order valence-electron chi connectivity index (χ4n) is 2.37. The first-order valence-electron chi connectivity index (χ1n) is 7.90. The molecule has 1 aromatic carbocycles. The van der Waals surface area contributed by atoms with Gasteiger partial charge in [-0.2, -0.15) is 4.68 Å². The van der Waals surface area contributed by atoms with Gasteiger partial charge in [0.25, 0.3) is 0 Å². The minimum atomic E-state index is -0.273. The maximum atomic E-state index is 12.5. The summed E-state index contributed by atoms with van der Waals surface area (Å²) in [6, 6.07) is 5.80. The number of aromatic nitrogens is 4. The second kappa shape index (κ2) is 8.14. The van der Waals surface area contributed by atoms with Crippen LogP contribution in [0.3, 0.4) is 0 Å². The Bertz CT molecular complexity index is 700. The highest BCUT2D eigenvalue weighted by Gasteiger charge is 2.23.